The minimum Gasteiger partial charge on any atom is -0.449 e. The number of hydrogen-bond acceptors (Lipinski definition) is 4. The zero-order valence-corrected chi connectivity index (χ0v) is 9.56. The van der Waals surface area contributed by atoms with E-state index in [1.165, 1.54) is 6.21 Å². The molecule has 0 spiro atoms. The molecule has 1 N–H and O–H groups in total. The Kier molecular flexibility index (Phi) is 5.39. The second-order valence-electron chi connectivity index (χ2n) is 3.70. The summed E-state index contributed by atoms with van der Waals surface area (Å²) in [6, 6.07) is 0. The van der Waals surface area contributed by atoms with Gasteiger partial charge in [-0.2, -0.15) is 0 Å². The zero-order chi connectivity index (χ0) is 11.8. The molecular formula is C11H18N2O3. The number of rotatable bonds is 4. The summed E-state index contributed by atoms with van der Waals surface area (Å²) in [5.74, 6) is 0. The molecule has 0 aromatic carbocycles. The van der Waals surface area contributed by atoms with Crippen molar-refractivity contribution in [1.82, 2.24) is 4.90 Å². The maximum atomic E-state index is 11.6. The zero-order valence-electron chi connectivity index (χ0n) is 9.56. The minimum atomic E-state index is -0.287. The third-order valence-corrected chi connectivity index (χ3v) is 2.38. The van der Waals surface area contributed by atoms with Crippen LogP contribution in [-0.4, -0.2) is 42.1 Å². The van der Waals surface area contributed by atoms with Crippen molar-refractivity contribution < 1.29 is 14.7 Å². The van der Waals surface area contributed by atoms with Gasteiger partial charge in [0.15, 0.2) is 0 Å². The molecule has 1 heterocycles. The standard InChI is InChI=1S/C11H18N2O3/c1-2-3-7-16-11(14)13-6-4-5-10(9-13)8-12-15/h5,8,15H,2-4,6-7,9H2,1H3. The largest absolute Gasteiger partial charge is 0.449 e. The molecule has 0 radical (unpaired) electrons. The number of carbonyl (C=O) groups is 1. The molecule has 1 aliphatic rings. The van der Waals surface area contributed by atoms with Crippen molar-refractivity contribution in [2.45, 2.75) is 26.2 Å². The van der Waals surface area contributed by atoms with E-state index in [1.807, 2.05) is 13.0 Å². The number of oxime groups is 1. The SMILES string of the molecule is CCCCOC(=O)N1CCC=C(C=NO)C1. The summed E-state index contributed by atoms with van der Waals surface area (Å²) < 4.78 is 5.10. The molecule has 0 fully saturated rings. The van der Waals surface area contributed by atoms with Gasteiger partial charge in [-0.3, -0.25) is 0 Å². The predicted molar refractivity (Wildman–Crippen MR) is 60.8 cm³/mol. The van der Waals surface area contributed by atoms with E-state index >= 15 is 0 Å². The first kappa shape index (κ1) is 12.5. The lowest BCUT2D eigenvalue weighted by atomic mass is 10.1. The van der Waals surface area contributed by atoms with Crippen molar-refractivity contribution >= 4 is 12.3 Å². The lowest BCUT2D eigenvalue weighted by Gasteiger charge is -2.25. The molecule has 0 saturated heterocycles. The number of carbonyl (C=O) groups excluding carboxylic acids is 1. The van der Waals surface area contributed by atoms with Crippen molar-refractivity contribution in [3.63, 3.8) is 0 Å². The molecule has 0 aromatic heterocycles. The summed E-state index contributed by atoms with van der Waals surface area (Å²) in [6.45, 7) is 3.63. The fourth-order valence-corrected chi connectivity index (χ4v) is 1.49. The Morgan fingerprint density at radius 2 is 2.56 bits per heavy atom. The van der Waals surface area contributed by atoms with Crippen LogP contribution < -0.4 is 0 Å². The molecule has 5 nitrogen and oxygen atoms in total. The summed E-state index contributed by atoms with van der Waals surface area (Å²) in [5, 5.41) is 11.4. The summed E-state index contributed by atoms with van der Waals surface area (Å²) in [6.07, 6.45) is 5.69. The highest BCUT2D eigenvalue weighted by Crippen LogP contribution is 2.09. The summed E-state index contributed by atoms with van der Waals surface area (Å²) in [5.41, 5.74) is 0.834. The third-order valence-electron chi connectivity index (χ3n) is 2.38. The van der Waals surface area contributed by atoms with Gasteiger partial charge in [-0.25, -0.2) is 4.79 Å². The molecule has 1 aliphatic heterocycles. The Labute approximate surface area is 95.4 Å². The Morgan fingerprint density at radius 1 is 1.75 bits per heavy atom. The van der Waals surface area contributed by atoms with Gasteiger partial charge in [0.1, 0.15) is 0 Å². The first-order valence-corrected chi connectivity index (χ1v) is 5.56. The average Bonchev–Trinajstić information content (AvgIpc) is 2.30. The molecule has 0 unspecified atom stereocenters. The first-order chi connectivity index (χ1) is 7.77. The number of unbranched alkanes of at least 4 members (excludes halogenated alkanes) is 1. The quantitative estimate of drug-likeness (QED) is 0.345. The normalized spacial score (nSPS) is 16.3. The van der Waals surface area contributed by atoms with E-state index < -0.39 is 0 Å². The Hall–Kier alpha value is -1.52. The van der Waals surface area contributed by atoms with Crippen LogP contribution in [0.15, 0.2) is 16.8 Å². The first-order valence-electron chi connectivity index (χ1n) is 5.56. The number of hydrogen-bond donors (Lipinski definition) is 1. The molecule has 0 bridgehead atoms. The van der Waals surface area contributed by atoms with Crippen molar-refractivity contribution in [1.29, 1.82) is 0 Å². The van der Waals surface area contributed by atoms with Gasteiger partial charge in [-0.05, 0) is 18.4 Å². The van der Waals surface area contributed by atoms with Crippen LogP contribution in [-0.2, 0) is 4.74 Å². The molecule has 16 heavy (non-hydrogen) atoms. The lowest BCUT2D eigenvalue weighted by molar-refractivity contribution is 0.104. The number of amides is 1. The van der Waals surface area contributed by atoms with E-state index in [9.17, 15) is 4.79 Å². The highest BCUT2D eigenvalue weighted by Gasteiger charge is 2.18. The molecule has 5 heteroatoms. The summed E-state index contributed by atoms with van der Waals surface area (Å²) in [7, 11) is 0. The van der Waals surface area contributed by atoms with Gasteiger partial charge < -0.3 is 14.8 Å². The van der Waals surface area contributed by atoms with Gasteiger partial charge >= 0.3 is 6.09 Å². The molecule has 0 aliphatic carbocycles. The topological polar surface area (TPSA) is 62.1 Å². The van der Waals surface area contributed by atoms with Gasteiger partial charge in [0.25, 0.3) is 0 Å². The fourth-order valence-electron chi connectivity index (χ4n) is 1.49. The predicted octanol–water partition coefficient (Wildman–Crippen LogP) is 2.02. The van der Waals surface area contributed by atoms with Gasteiger partial charge in [-0.1, -0.05) is 24.6 Å². The van der Waals surface area contributed by atoms with Crippen molar-refractivity contribution in [2.75, 3.05) is 19.7 Å². The average molecular weight is 226 g/mol. The highest BCUT2D eigenvalue weighted by atomic mass is 16.6. The third kappa shape index (κ3) is 3.92. The smallest absolute Gasteiger partial charge is 0.410 e. The van der Waals surface area contributed by atoms with E-state index in [0.29, 0.717) is 19.7 Å². The summed E-state index contributed by atoms with van der Waals surface area (Å²) >= 11 is 0. The number of nitrogens with zero attached hydrogens (tertiary/aromatic N) is 2. The van der Waals surface area contributed by atoms with Crippen LogP contribution in [0, 0.1) is 0 Å². The Morgan fingerprint density at radius 3 is 3.25 bits per heavy atom. The van der Waals surface area contributed by atoms with Gasteiger partial charge in [-0.15, -0.1) is 0 Å². The Balaban J connectivity index is 2.37. The minimum absolute atomic E-state index is 0.287. The number of ether oxygens (including phenoxy) is 1. The molecule has 0 atom stereocenters. The maximum Gasteiger partial charge on any atom is 0.410 e. The van der Waals surface area contributed by atoms with Crippen LogP contribution >= 0.6 is 0 Å². The molecular weight excluding hydrogens is 208 g/mol. The molecule has 0 saturated carbocycles. The van der Waals surface area contributed by atoms with Gasteiger partial charge in [0.2, 0.25) is 0 Å². The molecule has 1 amide bonds. The van der Waals surface area contributed by atoms with E-state index in [0.717, 1.165) is 24.8 Å². The van der Waals surface area contributed by atoms with E-state index in [-0.39, 0.29) is 6.09 Å². The van der Waals surface area contributed by atoms with E-state index in [1.54, 1.807) is 4.90 Å². The second kappa shape index (κ2) is 6.87. The van der Waals surface area contributed by atoms with Crippen LogP contribution in [0.2, 0.25) is 0 Å². The van der Waals surface area contributed by atoms with Gasteiger partial charge in [0, 0.05) is 6.54 Å². The molecule has 1 rings (SSSR count). The summed E-state index contributed by atoms with van der Waals surface area (Å²) in [4.78, 5) is 13.2. The van der Waals surface area contributed by atoms with Crippen molar-refractivity contribution in [3.8, 4) is 0 Å². The van der Waals surface area contributed by atoms with Crippen LogP contribution in [0.3, 0.4) is 0 Å². The molecule has 0 aromatic rings. The van der Waals surface area contributed by atoms with E-state index in [4.69, 9.17) is 9.94 Å². The van der Waals surface area contributed by atoms with Crippen LogP contribution in [0.1, 0.15) is 26.2 Å². The lowest BCUT2D eigenvalue weighted by Crippen LogP contribution is -2.36. The van der Waals surface area contributed by atoms with Crippen LogP contribution in [0.4, 0.5) is 4.79 Å². The van der Waals surface area contributed by atoms with Gasteiger partial charge in [0.05, 0.1) is 19.4 Å². The van der Waals surface area contributed by atoms with Crippen molar-refractivity contribution in [3.05, 3.63) is 11.6 Å². The fraction of sp³-hybridized carbons (Fsp3) is 0.636. The Bertz CT molecular complexity index is 287. The van der Waals surface area contributed by atoms with Crippen LogP contribution in [0.5, 0.6) is 0 Å². The monoisotopic (exact) mass is 226 g/mol. The van der Waals surface area contributed by atoms with Crippen molar-refractivity contribution in [2.24, 2.45) is 5.16 Å². The maximum absolute atomic E-state index is 11.6. The second-order valence-corrected chi connectivity index (χ2v) is 3.70. The highest BCUT2D eigenvalue weighted by molar-refractivity contribution is 5.80. The molecule has 90 valence electrons. The van der Waals surface area contributed by atoms with Crippen LogP contribution in [0.25, 0.3) is 0 Å². The van der Waals surface area contributed by atoms with E-state index in [2.05, 4.69) is 5.16 Å².